The molecule has 5 heteroatoms. The maximum atomic E-state index is 8.87. The number of methoxy groups -OCH3 is 1. The fourth-order valence-electron chi connectivity index (χ4n) is 1.85. The molecule has 1 aromatic heterocycles. The van der Waals surface area contributed by atoms with Gasteiger partial charge < -0.3 is 10.1 Å². The zero-order valence-corrected chi connectivity index (χ0v) is 11.6. The van der Waals surface area contributed by atoms with Gasteiger partial charge in [0, 0.05) is 12.2 Å². The van der Waals surface area contributed by atoms with Crippen LogP contribution >= 0.6 is 0 Å². The number of hydrogen-bond acceptors (Lipinski definition) is 5. The Bertz CT molecular complexity index is 634. The van der Waals surface area contributed by atoms with Gasteiger partial charge in [-0.15, -0.1) is 0 Å². The first kappa shape index (κ1) is 13.8. The van der Waals surface area contributed by atoms with Crippen LogP contribution < -0.4 is 10.1 Å². The van der Waals surface area contributed by atoms with Gasteiger partial charge in [0.15, 0.2) is 0 Å². The molecule has 2 aromatic rings. The highest BCUT2D eigenvalue weighted by molar-refractivity contribution is 5.34. The Morgan fingerprint density at radius 2 is 2.15 bits per heavy atom. The van der Waals surface area contributed by atoms with Gasteiger partial charge in [-0.05, 0) is 37.1 Å². The Labute approximate surface area is 118 Å². The molecule has 0 unspecified atom stereocenters. The molecule has 1 heterocycles. The lowest BCUT2D eigenvalue weighted by molar-refractivity contribution is 0.414. The monoisotopic (exact) mass is 268 g/mol. The van der Waals surface area contributed by atoms with E-state index in [1.165, 1.54) is 5.56 Å². The van der Waals surface area contributed by atoms with E-state index in [1.807, 2.05) is 37.3 Å². The average Bonchev–Trinajstić information content (AvgIpc) is 2.47. The second kappa shape index (κ2) is 6.53. The molecule has 0 aliphatic carbocycles. The summed E-state index contributed by atoms with van der Waals surface area (Å²) < 4.78 is 5.18. The lowest BCUT2D eigenvalue weighted by Crippen LogP contribution is -2.09. The molecule has 0 atom stereocenters. The molecule has 0 amide bonds. The van der Waals surface area contributed by atoms with E-state index in [1.54, 1.807) is 13.2 Å². The number of benzene rings is 1. The second-order valence-electron chi connectivity index (χ2n) is 4.36. The quantitative estimate of drug-likeness (QED) is 0.901. The van der Waals surface area contributed by atoms with Crippen LogP contribution in [0.15, 0.2) is 30.3 Å². The van der Waals surface area contributed by atoms with E-state index in [0.29, 0.717) is 18.2 Å². The van der Waals surface area contributed by atoms with Crippen molar-refractivity contribution in [1.82, 2.24) is 9.97 Å². The zero-order chi connectivity index (χ0) is 14.4. The highest BCUT2D eigenvalue weighted by atomic mass is 16.5. The minimum atomic E-state index is 0.376. The van der Waals surface area contributed by atoms with Crippen molar-refractivity contribution in [3.05, 3.63) is 47.3 Å². The molecule has 0 fully saturated rings. The maximum absolute atomic E-state index is 8.87. The molecular weight excluding hydrogens is 252 g/mol. The van der Waals surface area contributed by atoms with Crippen molar-refractivity contribution in [2.75, 3.05) is 19.0 Å². The van der Waals surface area contributed by atoms with Crippen molar-refractivity contribution in [2.45, 2.75) is 13.3 Å². The fourth-order valence-corrected chi connectivity index (χ4v) is 1.85. The highest BCUT2D eigenvalue weighted by Gasteiger charge is 2.01. The van der Waals surface area contributed by atoms with E-state index < -0.39 is 0 Å². The van der Waals surface area contributed by atoms with Gasteiger partial charge in [0.25, 0.3) is 0 Å². The van der Waals surface area contributed by atoms with Gasteiger partial charge in [0.05, 0.1) is 7.11 Å². The Hall–Kier alpha value is -2.61. The van der Waals surface area contributed by atoms with Crippen LogP contribution in [0.25, 0.3) is 0 Å². The topological polar surface area (TPSA) is 70.8 Å². The zero-order valence-electron chi connectivity index (χ0n) is 11.6. The largest absolute Gasteiger partial charge is 0.497 e. The van der Waals surface area contributed by atoms with Crippen LogP contribution in [0.3, 0.4) is 0 Å². The van der Waals surface area contributed by atoms with Crippen molar-refractivity contribution < 1.29 is 4.74 Å². The number of aryl methyl sites for hydroxylation is 1. The Kier molecular flexibility index (Phi) is 4.51. The van der Waals surface area contributed by atoms with Crippen molar-refractivity contribution in [3.8, 4) is 11.8 Å². The fraction of sp³-hybridized carbons (Fsp3) is 0.267. The molecule has 1 N–H and O–H groups in total. The number of hydrogen-bond donors (Lipinski definition) is 1. The van der Waals surface area contributed by atoms with Gasteiger partial charge in [-0.3, -0.25) is 0 Å². The average molecular weight is 268 g/mol. The van der Waals surface area contributed by atoms with Crippen LogP contribution in [0.2, 0.25) is 0 Å². The molecule has 0 bridgehead atoms. The standard InChI is InChI=1S/C15H16N4O/c1-11-8-13(10-16)19-15(18-11)17-7-6-12-4-3-5-14(9-12)20-2/h3-5,8-9H,6-7H2,1-2H3,(H,17,18,19). The predicted molar refractivity (Wildman–Crippen MR) is 76.7 cm³/mol. The first-order valence-corrected chi connectivity index (χ1v) is 6.34. The summed E-state index contributed by atoms with van der Waals surface area (Å²) in [6.07, 6.45) is 0.830. The number of anilines is 1. The summed E-state index contributed by atoms with van der Waals surface area (Å²) in [5.41, 5.74) is 2.33. The smallest absolute Gasteiger partial charge is 0.224 e. The van der Waals surface area contributed by atoms with Crippen LogP contribution in [0.4, 0.5) is 5.95 Å². The Balaban J connectivity index is 1.96. The lowest BCUT2D eigenvalue weighted by atomic mass is 10.1. The molecule has 2 rings (SSSR count). The number of nitrogens with zero attached hydrogens (tertiary/aromatic N) is 3. The van der Waals surface area contributed by atoms with Crippen LogP contribution in [-0.4, -0.2) is 23.6 Å². The first-order chi connectivity index (χ1) is 9.71. The molecule has 0 saturated heterocycles. The third-order valence-corrected chi connectivity index (χ3v) is 2.80. The predicted octanol–water partition coefficient (Wildman–Crippen LogP) is 2.32. The summed E-state index contributed by atoms with van der Waals surface area (Å²) in [6.45, 7) is 2.54. The lowest BCUT2D eigenvalue weighted by Gasteiger charge is -2.07. The van der Waals surface area contributed by atoms with Crippen LogP contribution in [0, 0.1) is 18.3 Å². The molecule has 20 heavy (non-hydrogen) atoms. The van der Waals surface area contributed by atoms with Crippen molar-refractivity contribution in [3.63, 3.8) is 0 Å². The minimum Gasteiger partial charge on any atom is -0.497 e. The summed E-state index contributed by atoms with van der Waals surface area (Å²) in [6, 6.07) is 11.6. The summed E-state index contributed by atoms with van der Waals surface area (Å²) in [5.74, 6) is 1.34. The van der Waals surface area contributed by atoms with Crippen molar-refractivity contribution in [1.29, 1.82) is 5.26 Å². The summed E-state index contributed by atoms with van der Waals surface area (Å²) in [7, 11) is 1.65. The SMILES string of the molecule is COc1cccc(CCNc2nc(C)cc(C#N)n2)c1. The van der Waals surface area contributed by atoms with Crippen LogP contribution in [0.5, 0.6) is 5.75 Å². The second-order valence-corrected chi connectivity index (χ2v) is 4.36. The van der Waals surface area contributed by atoms with E-state index in [4.69, 9.17) is 10.00 Å². The van der Waals surface area contributed by atoms with E-state index in [0.717, 1.165) is 17.9 Å². The molecule has 0 saturated carbocycles. The van der Waals surface area contributed by atoms with Gasteiger partial charge in [-0.1, -0.05) is 12.1 Å². The van der Waals surface area contributed by atoms with Gasteiger partial charge in [-0.2, -0.15) is 5.26 Å². The minimum absolute atomic E-state index is 0.376. The normalized spacial score (nSPS) is 9.85. The number of nitriles is 1. The molecule has 0 aliphatic rings. The third-order valence-electron chi connectivity index (χ3n) is 2.80. The molecule has 102 valence electrons. The van der Waals surface area contributed by atoms with Crippen molar-refractivity contribution >= 4 is 5.95 Å². The van der Waals surface area contributed by atoms with Gasteiger partial charge in [-0.25, -0.2) is 9.97 Å². The van der Waals surface area contributed by atoms with Crippen LogP contribution in [0.1, 0.15) is 17.0 Å². The Morgan fingerprint density at radius 3 is 2.90 bits per heavy atom. The highest BCUT2D eigenvalue weighted by Crippen LogP contribution is 2.13. The molecule has 5 nitrogen and oxygen atoms in total. The molecule has 1 aromatic carbocycles. The van der Waals surface area contributed by atoms with Crippen LogP contribution in [-0.2, 0) is 6.42 Å². The third kappa shape index (κ3) is 3.69. The molecule has 0 aliphatic heterocycles. The molecule has 0 radical (unpaired) electrons. The van der Waals surface area contributed by atoms with E-state index in [9.17, 15) is 0 Å². The summed E-state index contributed by atoms with van der Waals surface area (Å²) in [4.78, 5) is 8.36. The summed E-state index contributed by atoms with van der Waals surface area (Å²) in [5, 5.41) is 12.0. The Morgan fingerprint density at radius 1 is 1.30 bits per heavy atom. The van der Waals surface area contributed by atoms with Gasteiger partial charge >= 0.3 is 0 Å². The number of nitrogens with one attached hydrogen (secondary N) is 1. The maximum Gasteiger partial charge on any atom is 0.224 e. The van der Waals surface area contributed by atoms with E-state index in [-0.39, 0.29) is 0 Å². The van der Waals surface area contributed by atoms with Gasteiger partial charge in [0.2, 0.25) is 5.95 Å². The molecule has 0 spiro atoms. The first-order valence-electron chi connectivity index (χ1n) is 6.34. The number of aromatic nitrogens is 2. The van der Waals surface area contributed by atoms with Gasteiger partial charge in [0.1, 0.15) is 17.5 Å². The molecular formula is C15H16N4O. The summed E-state index contributed by atoms with van der Waals surface area (Å²) >= 11 is 0. The number of rotatable bonds is 5. The van der Waals surface area contributed by atoms with E-state index in [2.05, 4.69) is 15.3 Å². The number of ether oxygens (including phenoxy) is 1. The van der Waals surface area contributed by atoms with Crippen molar-refractivity contribution in [2.24, 2.45) is 0 Å². The van der Waals surface area contributed by atoms with E-state index >= 15 is 0 Å².